The third-order valence-electron chi connectivity index (χ3n) is 10.2. The van der Waals surface area contributed by atoms with Crippen LogP contribution in [-0.2, 0) is 0 Å². The van der Waals surface area contributed by atoms with Crippen LogP contribution in [0.5, 0.6) is 0 Å². The molecular formula is C50H33NO. The van der Waals surface area contributed by atoms with Crippen molar-refractivity contribution in [2.75, 3.05) is 4.90 Å². The van der Waals surface area contributed by atoms with Gasteiger partial charge in [-0.25, -0.2) is 0 Å². The van der Waals surface area contributed by atoms with E-state index in [0.717, 1.165) is 44.4 Å². The lowest BCUT2D eigenvalue weighted by atomic mass is 9.94. The summed E-state index contributed by atoms with van der Waals surface area (Å²) in [6.45, 7) is 0. The number of rotatable bonds is 6. The Morgan fingerprint density at radius 1 is 0.308 bits per heavy atom. The molecule has 2 heteroatoms. The van der Waals surface area contributed by atoms with Gasteiger partial charge in [-0.3, -0.25) is 0 Å². The normalized spacial score (nSPS) is 11.5. The Morgan fingerprint density at radius 2 is 0.885 bits per heavy atom. The van der Waals surface area contributed by atoms with E-state index >= 15 is 0 Å². The maximum atomic E-state index is 6.26. The third kappa shape index (κ3) is 5.21. The Hall–Kier alpha value is -6.90. The molecule has 10 rings (SSSR count). The van der Waals surface area contributed by atoms with E-state index in [0.29, 0.717) is 0 Å². The van der Waals surface area contributed by atoms with Crippen molar-refractivity contribution in [2.45, 2.75) is 0 Å². The number of hydrogen-bond donors (Lipinski definition) is 0. The number of benzene rings is 9. The van der Waals surface area contributed by atoms with E-state index < -0.39 is 0 Å². The first kappa shape index (κ1) is 30.0. The van der Waals surface area contributed by atoms with E-state index in [1.54, 1.807) is 0 Å². The zero-order valence-corrected chi connectivity index (χ0v) is 28.4. The van der Waals surface area contributed by atoms with Gasteiger partial charge in [-0.2, -0.15) is 0 Å². The monoisotopic (exact) mass is 663 g/mol. The number of fused-ring (bicyclic) bond motifs is 6. The molecular weight excluding hydrogens is 631 g/mol. The lowest BCUT2D eigenvalue weighted by molar-refractivity contribution is 0.669. The molecule has 0 aliphatic carbocycles. The molecule has 0 atom stereocenters. The van der Waals surface area contributed by atoms with Crippen molar-refractivity contribution in [2.24, 2.45) is 0 Å². The average Bonchev–Trinajstić information content (AvgIpc) is 3.59. The fourth-order valence-electron chi connectivity index (χ4n) is 7.65. The van der Waals surface area contributed by atoms with Crippen molar-refractivity contribution in [3.8, 4) is 33.4 Å². The summed E-state index contributed by atoms with van der Waals surface area (Å²) in [6, 6.07) is 71.8. The summed E-state index contributed by atoms with van der Waals surface area (Å²) in [7, 11) is 0. The Labute approximate surface area is 302 Å². The van der Waals surface area contributed by atoms with Gasteiger partial charge in [0, 0.05) is 27.7 Å². The van der Waals surface area contributed by atoms with Crippen LogP contribution in [0.4, 0.5) is 17.1 Å². The molecule has 1 aromatic heterocycles. The second-order valence-electron chi connectivity index (χ2n) is 13.4. The van der Waals surface area contributed by atoms with Gasteiger partial charge in [-0.15, -0.1) is 0 Å². The number of anilines is 3. The number of furan rings is 1. The molecule has 0 aliphatic rings. The van der Waals surface area contributed by atoms with Crippen LogP contribution in [0.15, 0.2) is 205 Å². The summed E-state index contributed by atoms with van der Waals surface area (Å²) in [4.78, 5) is 2.40. The fraction of sp³-hybridized carbons (Fsp3) is 0. The topological polar surface area (TPSA) is 16.4 Å². The van der Waals surface area contributed by atoms with Gasteiger partial charge >= 0.3 is 0 Å². The summed E-state index contributed by atoms with van der Waals surface area (Å²) in [5.41, 5.74) is 12.3. The van der Waals surface area contributed by atoms with Gasteiger partial charge in [-0.05, 0) is 104 Å². The minimum absolute atomic E-state index is 0.914. The summed E-state index contributed by atoms with van der Waals surface area (Å²) < 4.78 is 6.26. The lowest BCUT2D eigenvalue weighted by Gasteiger charge is -2.29. The van der Waals surface area contributed by atoms with Crippen molar-refractivity contribution in [3.63, 3.8) is 0 Å². The first-order valence-electron chi connectivity index (χ1n) is 17.8. The predicted octanol–water partition coefficient (Wildman–Crippen LogP) is 14.4. The highest BCUT2D eigenvalue weighted by molar-refractivity contribution is 6.17. The first-order valence-corrected chi connectivity index (χ1v) is 17.8. The average molecular weight is 664 g/mol. The molecule has 0 amide bonds. The van der Waals surface area contributed by atoms with Crippen LogP contribution >= 0.6 is 0 Å². The Bertz CT molecular complexity index is 2870. The van der Waals surface area contributed by atoms with Crippen molar-refractivity contribution in [3.05, 3.63) is 200 Å². The Balaban J connectivity index is 1.16. The van der Waals surface area contributed by atoms with Crippen LogP contribution in [0.3, 0.4) is 0 Å². The predicted molar refractivity (Wildman–Crippen MR) is 220 cm³/mol. The molecule has 0 unspecified atom stereocenters. The smallest absolute Gasteiger partial charge is 0.136 e. The highest BCUT2D eigenvalue weighted by Crippen LogP contribution is 2.44. The van der Waals surface area contributed by atoms with Crippen molar-refractivity contribution in [1.82, 2.24) is 0 Å². The molecule has 0 saturated heterocycles. The van der Waals surface area contributed by atoms with Crippen molar-refractivity contribution < 1.29 is 4.42 Å². The summed E-state index contributed by atoms with van der Waals surface area (Å²) >= 11 is 0. The molecule has 0 fully saturated rings. The minimum atomic E-state index is 0.914. The van der Waals surface area contributed by atoms with E-state index in [4.69, 9.17) is 4.42 Å². The minimum Gasteiger partial charge on any atom is -0.456 e. The fourth-order valence-corrected chi connectivity index (χ4v) is 7.65. The molecule has 0 spiro atoms. The van der Waals surface area contributed by atoms with E-state index in [1.807, 2.05) is 12.1 Å². The van der Waals surface area contributed by atoms with Gasteiger partial charge in [0.1, 0.15) is 11.2 Å². The van der Waals surface area contributed by atoms with Crippen LogP contribution in [-0.4, -0.2) is 0 Å². The first-order chi connectivity index (χ1) is 25.8. The molecule has 52 heavy (non-hydrogen) atoms. The molecule has 0 radical (unpaired) electrons. The molecule has 244 valence electrons. The standard InChI is InChI=1S/C50H33NO/c1-4-12-34(13-5-1)35-20-22-36(23-21-35)39-27-29-48(46(30-39)37-14-6-2-7-15-37)51(41-16-8-3-9-17-41)42-28-26-38-24-25-40-31-50-47(33-45(40)44(38)32-42)43-18-10-11-19-49(43)52-50/h1-33H. The molecule has 9 aromatic carbocycles. The maximum absolute atomic E-state index is 6.26. The van der Waals surface area contributed by atoms with Crippen LogP contribution < -0.4 is 4.90 Å². The summed E-state index contributed by atoms with van der Waals surface area (Å²) in [5, 5.41) is 7.06. The zero-order chi connectivity index (χ0) is 34.4. The van der Waals surface area contributed by atoms with Crippen LogP contribution in [0.2, 0.25) is 0 Å². The van der Waals surface area contributed by atoms with E-state index in [1.165, 1.54) is 49.5 Å². The zero-order valence-electron chi connectivity index (χ0n) is 28.4. The van der Waals surface area contributed by atoms with Gasteiger partial charge in [0.25, 0.3) is 0 Å². The molecule has 0 N–H and O–H groups in total. The van der Waals surface area contributed by atoms with Gasteiger partial charge in [0.2, 0.25) is 0 Å². The quantitative estimate of drug-likeness (QED) is 0.165. The SMILES string of the molecule is c1ccc(-c2ccc(-c3ccc(N(c4ccccc4)c4ccc5ccc6cc7oc8ccccc8c7cc6c5c4)c(-c4ccccc4)c3)cc2)cc1. The van der Waals surface area contributed by atoms with Crippen LogP contribution in [0, 0.1) is 0 Å². The second-order valence-corrected chi connectivity index (χ2v) is 13.4. The molecule has 0 saturated carbocycles. The Morgan fingerprint density at radius 3 is 1.65 bits per heavy atom. The molecule has 1 heterocycles. The van der Waals surface area contributed by atoms with Crippen molar-refractivity contribution in [1.29, 1.82) is 0 Å². The summed E-state index contributed by atoms with van der Waals surface area (Å²) in [5.74, 6) is 0. The molecule has 2 nitrogen and oxygen atoms in total. The summed E-state index contributed by atoms with van der Waals surface area (Å²) in [6.07, 6.45) is 0. The van der Waals surface area contributed by atoms with E-state index in [2.05, 4.69) is 193 Å². The number of para-hydroxylation sites is 2. The highest BCUT2D eigenvalue weighted by Gasteiger charge is 2.19. The third-order valence-corrected chi connectivity index (χ3v) is 10.2. The van der Waals surface area contributed by atoms with Gasteiger partial charge in [0.05, 0.1) is 5.69 Å². The van der Waals surface area contributed by atoms with Crippen molar-refractivity contribution >= 4 is 60.5 Å². The maximum Gasteiger partial charge on any atom is 0.136 e. The number of hydrogen-bond acceptors (Lipinski definition) is 2. The van der Waals surface area contributed by atoms with E-state index in [-0.39, 0.29) is 0 Å². The van der Waals surface area contributed by atoms with Gasteiger partial charge in [0.15, 0.2) is 0 Å². The second kappa shape index (κ2) is 12.5. The van der Waals surface area contributed by atoms with Crippen LogP contribution in [0.1, 0.15) is 0 Å². The number of nitrogens with zero attached hydrogens (tertiary/aromatic N) is 1. The van der Waals surface area contributed by atoms with E-state index in [9.17, 15) is 0 Å². The van der Waals surface area contributed by atoms with Gasteiger partial charge in [-0.1, -0.05) is 146 Å². The molecule has 0 bridgehead atoms. The molecule has 0 aliphatic heterocycles. The largest absolute Gasteiger partial charge is 0.456 e. The highest BCUT2D eigenvalue weighted by atomic mass is 16.3. The molecule has 10 aromatic rings. The lowest BCUT2D eigenvalue weighted by Crippen LogP contribution is -2.11. The van der Waals surface area contributed by atoms with Crippen LogP contribution in [0.25, 0.3) is 76.9 Å². The van der Waals surface area contributed by atoms with Gasteiger partial charge < -0.3 is 9.32 Å². The Kier molecular flexibility index (Phi) is 7.18.